The summed E-state index contributed by atoms with van der Waals surface area (Å²) in [6, 6.07) is 12.3. The van der Waals surface area contributed by atoms with Gasteiger partial charge in [-0.1, -0.05) is 39.8 Å². The van der Waals surface area contributed by atoms with Gasteiger partial charge in [0, 0.05) is 23.9 Å². The Morgan fingerprint density at radius 1 is 0.833 bits per heavy atom. The maximum Gasteiger partial charge on any atom is 0.127 e. The molecule has 2 rings (SSSR count). The molecular weight excluding hydrogens is 298 g/mol. The zero-order valence-electron chi connectivity index (χ0n) is 16.5. The van der Waals surface area contributed by atoms with Crippen LogP contribution in [0.1, 0.15) is 44.4 Å². The van der Waals surface area contributed by atoms with Crippen molar-refractivity contribution in [3.05, 3.63) is 53.1 Å². The molecule has 0 amide bonds. The van der Waals surface area contributed by atoms with Gasteiger partial charge in [-0.05, 0) is 43.2 Å². The van der Waals surface area contributed by atoms with Crippen LogP contribution < -0.4 is 14.8 Å². The topological polar surface area (TPSA) is 30.5 Å². The van der Waals surface area contributed by atoms with Crippen molar-refractivity contribution >= 4 is 5.69 Å². The molecule has 0 saturated heterocycles. The molecule has 0 bridgehead atoms. The molecule has 3 nitrogen and oxygen atoms in total. The minimum absolute atomic E-state index is 0.720. The number of anilines is 1. The van der Waals surface area contributed by atoms with Crippen LogP contribution in [0.5, 0.6) is 11.5 Å². The van der Waals surface area contributed by atoms with E-state index in [2.05, 4.69) is 37.4 Å². The Hall–Kier alpha value is -2.16. The maximum absolute atomic E-state index is 5.41. The molecule has 0 heterocycles. The minimum Gasteiger partial charge on any atom is -0.497 e. The number of nitrogens with one attached hydrogen (secondary N) is 1. The summed E-state index contributed by atoms with van der Waals surface area (Å²) in [5.41, 5.74) is 4.75. The predicted octanol–water partition coefficient (Wildman–Crippen LogP) is 5.99. The van der Waals surface area contributed by atoms with E-state index in [4.69, 9.17) is 9.47 Å². The van der Waals surface area contributed by atoms with Crippen LogP contribution in [-0.4, -0.2) is 14.2 Å². The van der Waals surface area contributed by atoms with Gasteiger partial charge in [0.1, 0.15) is 11.5 Å². The molecule has 134 valence electrons. The molecule has 0 aliphatic rings. The number of ether oxygens (including phenoxy) is 2. The summed E-state index contributed by atoms with van der Waals surface area (Å²) < 4.78 is 10.6. The van der Waals surface area contributed by atoms with E-state index >= 15 is 0 Å². The number of hydrogen-bond donors (Lipinski definition) is 1. The fourth-order valence-corrected chi connectivity index (χ4v) is 2.11. The highest BCUT2D eigenvalue weighted by Gasteiger charge is 2.06. The lowest BCUT2D eigenvalue weighted by molar-refractivity contribution is 0.391. The number of benzene rings is 2. The van der Waals surface area contributed by atoms with Crippen LogP contribution in [0, 0.1) is 13.8 Å². The second kappa shape index (κ2) is 12.3. The minimum atomic E-state index is 0.720. The van der Waals surface area contributed by atoms with E-state index in [1.165, 1.54) is 11.1 Å². The molecular formula is C21H33NO2. The van der Waals surface area contributed by atoms with Crippen LogP contribution in [0.2, 0.25) is 0 Å². The molecule has 24 heavy (non-hydrogen) atoms. The van der Waals surface area contributed by atoms with Crippen molar-refractivity contribution in [1.29, 1.82) is 0 Å². The van der Waals surface area contributed by atoms with Gasteiger partial charge in [0.2, 0.25) is 0 Å². The van der Waals surface area contributed by atoms with Gasteiger partial charge in [0.05, 0.1) is 14.2 Å². The van der Waals surface area contributed by atoms with Crippen LogP contribution in [-0.2, 0) is 6.54 Å². The first-order valence-electron chi connectivity index (χ1n) is 8.66. The zero-order valence-corrected chi connectivity index (χ0v) is 16.5. The molecule has 2 aromatic rings. The lowest BCUT2D eigenvalue weighted by Gasteiger charge is -2.14. The summed E-state index contributed by atoms with van der Waals surface area (Å²) in [5.74, 6) is 1.64. The Balaban J connectivity index is 0.00000123. The number of methoxy groups -OCH3 is 2. The van der Waals surface area contributed by atoms with E-state index in [1.54, 1.807) is 14.2 Å². The number of hydrogen-bond acceptors (Lipinski definition) is 3. The average molecular weight is 332 g/mol. The number of rotatable bonds is 5. The highest BCUT2D eigenvalue weighted by molar-refractivity contribution is 5.53. The smallest absolute Gasteiger partial charge is 0.127 e. The summed E-state index contributed by atoms with van der Waals surface area (Å²) >= 11 is 0. The third-order valence-corrected chi connectivity index (χ3v) is 3.36. The van der Waals surface area contributed by atoms with Crippen LogP contribution in [0.25, 0.3) is 0 Å². The van der Waals surface area contributed by atoms with E-state index in [1.807, 2.05) is 45.9 Å². The first-order valence-corrected chi connectivity index (χ1v) is 8.66. The zero-order chi connectivity index (χ0) is 18.5. The average Bonchev–Trinajstić information content (AvgIpc) is 2.65. The van der Waals surface area contributed by atoms with E-state index in [0.29, 0.717) is 0 Å². The molecule has 0 unspecified atom stereocenters. The van der Waals surface area contributed by atoms with Crippen molar-refractivity contribution in [3.8, 4) is 11.5 Å². The van der Waals surface area contributed by atoms with Gasteiger partial charge in [-0.15, -0.1) is 0 Å². The summed E-state index contributed by atoms with van der Waals surface area (Å²) in [5, 5.41) is 3.46. The van der Waals surface area contributed by atoms with E-state index in [9.17, 15) is 0 Å². The summed E-state index contributed by atoms with van der Waals surface area (Å²) in [4.78, 5) is 0. The largest absolute Gasteiger partial charge is 0.497 e. The van der Waals surface area contributed by atoms with E-state index < -0.39 is 0 Å². The van der Waals surface area contributed by atoms with Crippen LogP contribution in [0.4, 0.5) is 5.69 Å². The van der Waals surface area contributed by atoms with Crippen LogP contribution >= 0.6 is 0 Å². The van der Waals surface area contributed by atoms with Crippen LogP contribution in [0.15, 0.2) is 36.4 Å². The summed E-state index contributed by atoms with van der Waals surface area (Å²) in [6.45, 7) is 12.9. The number of aryl methyl sites for hydroxylation is 2. The Morgan fingerprint density at radius 3 is 2.08 bits per heavy atom. The first kappa shape index (κ1) is 21.8. The first-order chi connectivity index (χ1) is 11.6. The lowest BCUT2D eigenvalue weighted by atomic mass is 10.1. The molecule has 0 aliphatic carbocycles. The van der Waals surface area contributed by atoms with Gasteiger partial charge >= 0.3 is 0 Å². The third kappa shape index (κ3) is 6.53. The monoisotopic (exact) mass is 331 g/mol. The van der Waals surface area contributed by atoms with E-state index in [-0.39, 0.29) is 0 Å². The summed E-state index contributed by atoms with van der Waals surface area (Å²) in [7, 11) is 3.33. The molecule has 0 aromatic heterocycles. The molecule has 0 saturated carbocycles. The van der Waals surface area contributed by atoms with Crippen molar-refractivity contribution in [1.82, 2.24) is 0 Å². The molecule has 0 radical (unpaired) electrons. The standard InChI is InChI=1S/C17H21NO2.2C2H6/c1-12-5-6-13(2)16(9-12)18-11-14-7-8-15(19-3)10-17(14)20-4;2*1-2/h5-10,18H,11H2,1-4H3;2*1-2H3. The highest BCUT2D eigenvalue weighted by Crippen LogP contribution is 2.26. The van der Waals surface area contributed by atoms with E-state index in [0.717, 1.165) is 29.3 Å². The maximum atomic E-state index is 5.41. The van der Waals surface area contributed by atoms with Crippen molar-refractivity contribution in [2.24, 2.45) is 0 Å². The molecule has 0 atom stereocenters. The second-order valence-corrected chi connectivity index (χ2v) is 4.85. The van der Waals surface area contributed by atoms with Crippen molar-refractivity contribution in [3.63, 3.8) is 0 Å². The third-order valence-electron chi connectivity index (χ3n) is 3.36. The Kier molecular flexibility index (Phi) is 11.2. The Bertz CT molecular complexity index is 594. The second-order valence-electron chi connectivity index (χ2n) is 4.85. The van der Waals surface area contributed by atoms with Gasteiger partial charge in [-0.3, -0.25) is 0 Å². The quantitative estimate of drug-likeness (QED) is 0.730. The van der Waals surface area contributed by atoms with Gasteiger partial charge in [-0.25, -0.2) is 0 Å². The van der Waals surface area contributed by atoms with Crippen LogP contribution in [0.3, 0.4) is 0 Å². The molecule has 2 aromatic carbocycles. The Morgan fingerprint density at radius 2 is 1.50 bits per heavy atom. The van der Waals surface area contributed by atoms with Gasteiger partial charge in [0.25, 0.3) is 0 Å². The lowest BCUT2D eigenvalue weighted by Crippen LogP contribution is -2.03. The predicted molar refractivity (Wildman–Crippen MR) is 105 cm³/mol. The molecule has 0 aliphatic heterocycles. The van der Waals surface area contributed by atoms with Gasteiger partial charge in [0.15, 0.2) is 0 Å². The normalized spacial score (nSPS) is 9.00. The molecule has 0 fully saturated rings. The van der Waals surface area contributed by atoms with Gasteiger partial charge in [-0.2, -0.15) is 0 Å². The van der Waals surface area contributed by atoms with Crippen molar-refractivity contribution in [2.45, 2.75) is 48.1 Å². The fraction of sp³-hybridized carbons (Fsp3) is 0.429. The molecule has 3 heteroatoms. The van der Waals surface area contributed by atoms with Gasteiger partial charge < -0.3 is 14.8 Å². The fourth-order valence-electron chi connectivity index (χ4n) is 2.11. The molecule has 0 spiro atoms. The van der Waals surface area contributed by atoms with Crippen molar-refractivity contribution < 1.29 is 9.47 Å². The SMILES string of the molecule is CC.CC.COc1ccc(CNc2cc(C)ccc2C)c(OC)c1. The highest BCUT2D eigenvalue weighted by atomic mass is 16.5. The Labute approximate surface area is 148 Å². The molecule has 1 N–H and O–H groups in total. The van der Waals surface area contributed by atoms with Crippen molar-refractivity contribution in [2.75, 3.05) is 19.5 Å². The summed E-state index contributed by atoms with van der Waals surface area (Å²) in [6.07, 6.45) is 0.